The number of phenols is 2. The number of carboxylic acid groups (broad SMARTS) is 1. The number of carboxylic acids is 1. The van der Waals surface area contributed by atoms with Gasteiger partial charge in [0.2, 0.25) is 0 Å². The lowest BCUT2D eigenvalue weighted by Crippen LogP contribution is -2.27. The van der Waals surface area contributed by atoms with Gasteiger partial charge in [-0.1, -0.05) is 6.58 Å². The topological polar surface area (TPSA) is 98.1 Å². The Morgan fingerprint density at radius 1 is 0.870 bits per heavy atom. The third kappa shape index (κ3) is 3.88. The number of aromatic hydroxyl groups is 2. The van der Waals surface area contributed by atoms with Crippen LogP contribution in [0.2, 0.25) is 0 Å². The number of aliphatic carboxylic acids is 1. The molecule has 0 saturated heterocycles. The summed E-state index contributed by atoms with van der Waals surface area (Å²) in [4.78, 5) is 24.7. The van der Waals surface area contributed by atoms with Gasteiger partial charge in [0, 0.05) is 16.9 Å². The predicted molar refractivity (Wildman–Crippen MR) is 84.8 cm³/mol. The first-order valence-corrected chi connectivity index (χ1v) is 6.70. The molecule has 0 aromatic heterocycles. The second kappa shape index (κ2) is 6.65. The first kappa shape index (κ1) is 16.1. The third-order valence-corrected chi connectivity index (χ3v) is 3.09. The van der Waals surface area contributed by atoms with E-state index in [0.717, 1.165) is 0 Å². The van der Waals surface area contributed by atoms with Crippen molar-refractivity contribution in [2.75, 3.05) is 4.90 Å². The van der Waals surface area contributed by atoms with Crippen molar-refractivity contribution in [3.63, 3.8) is 0 Å². The van der Waals surface area contributed by atoms with E-state index in [0.29, 0.717) is 11.4 Å². The fraction of sp³-hybridized carbons (Fsp3) is 0.0588. The van der Waals surface area contributed by atoms with Crippen molar-refractivity contribution in [1.82, 2.24) is 0 Å². The van der Waals surface area contributed by atoms with E-state index in [1.165, 1.54) is 53.4 Å². The molecule has 6 heteroatoms. The van der Waals surface area contributed by atoms with Gasteiger partial charge in [-0.05, 0) is 48.5 Å². The molecule has 0 aliphatic heterocycles. The summed E-state index contributed by atoms with van der Waals surface area (Å²) >= 11 is 0. The number of amides is 1. The summed E-state index contributed by atoms with van der Waals surface area (Å²) in [5.41, 5.74) is 0.786. The summed E-state index contributed by atoms with van der Waals surface area (Å²) < 4.78 is 0. The molecule has 0 radical (unpaired) electrons. The minimum absolute atomic E-state index is 0.0382. The van der Waals surface area contributed by atoms with Crippen LogP contribution in [-0.4, -0.2) is 27.2 Å². The van der Waals surface area contributed by atoms with E-state index in [1.807, 2.05) is 0 Å². The minimum atomic E-state index is -1.15. The number of anilines is 2. The molecule has 0 heterocycles. The molecule has 2 aromatic carbocycles. The second-order valence-corrected chi connectivity index (χ2v) is 4.85. The van der Waals surface area contributed by atoms with Crippen LogP contribution in [0.1, 0.15) is 6.42 Å². The Balaban J connectivity index is 2.44. The molecule has 0 saturated carbocycles. The standard InChI is InChI=1S/C17H15NO5/c1-11(10-16(21)22)17(23)18(12-2-6-14(19)7-3-12)13-4-8-15(20)9-5-13/h2-9,19-20H,1,10H2,(H,21,22). The second-order valence-electron chi connectivity index (χ2n) is 4.85. The van der Waals surface area contributed by atoms with Crippen LogP contribution in [0.25, 0.3) is 0 Å². The van der Waals surface area contributed by atoms with Gasteiger partial charge in [0.25, 0.3) is 5.91 Å². The van der Waals surface area contributed by atoms with Gasteiger partial charge in [-0.2, -0.15) is 0 Å². The Morgan fingerprint density at radius 2 is 1.26 bits per heavy atom. The molecule has 0 bridgehead atoms. The molecule has 0 atom stereocenters. The number of nitrogens with zero attached hydrogens (tertiary/aromatic N) is 1. The molecule has 0 aliphatic rings. The zero-order valence-corrected chi connectivity index (χ0v) is 12.1. The van der Waals surface area contributed by atoms with Crippen molar-refractivity contribution in [1.29, 1.82) is 0 Å². The van der Waals surface area contributed by atoms with Crippen LogP contribution >= 0.6 is 0 Å². The fourth-order valence-corrected chi connectivity index (χ4v) is 2.00. The highest BCUT2D eigenvalue weighted by molar-refractivity contribution is 6.11. The highest BCUT2D eigenvalue weighted by Gasteiger charge is 2.22. The van der Waals surface area contributed by atoms with Crippen LogP contribution in [0, 0.1) is 0 Å². The molecule has 0 aliphatic carbocycles. The van der Waals surface area contributed by atoms with Gasteiger partial charge >= 0.3 is 5.97 Å². The van der Waals surface area contributed by atoms with Crippen LogP contribution in [0.15, 0.2) is 60.7 Å². The number of phenolic OH excluding ortho intramolecular Hbond substituents is 2. The molecule has 0 spiro atoms. The Bertz CT molecular complexity index is 689. The Morgan fingerprint density at radius 3 is 1.61 bits per heavy atom. The van der Waals surface area contributed by atoms with E-state index in [4.69, 9.17) is 5.11 Å². The predicted octanol–water partition coefficient (Wildman–Crippen LogP) is 2.79. The normalized spacial score (nSPS) is 10.1. The molecule has 0 unspecified atom stereocenters. The number of hydrogen-bond donors (Lipinski definition) is 3. The molecule has 1 amide bonds. The highest BCUT2D eigenvalue weighted by atomic mass is 16.4. The lowest BCUT2D eigenvalue weighted by Gasteiger charge is -2.23. The Labute approximate surface area is 132 Å². The van der Waals surface area contributed by atoms with Gasteiger partial charge in [0.05, 0.1) is 6.42 Å². The maximum absolute atomic E-state index is 12.6. The van der Waals surface area contributed by atoms with Crippen LogP contribution < -0.4 is 4.90 Å². The minimum Gasteiger partial charge on any atom is -0.508 e. The van der Waals surface area contributed by atoms with Crippen molar-refractivity contribution >= 4 is 23.3 Å². The number of hydrogen-bond acceptors (Lipinski definition) is 4. The molecular weight excluding hydrogens is 298 g/mol. The zero-order valence-electron chi connectivity index (χ0n) is 12.1. The fourth-order valence-electron chi connectivity index (χ4n) is 2.00. The Hall–Kier alpha value is -3.28. The average Bonchev–Trinajstić information content (AvgIpc) is 2.50. The van der Waals surface area contributed by atoms with Gasteiger partial charge in [-0.3, -0.25) is 14.5 Å². The largest absolute Gasteiger partial charge is 0.508 e. The highest BCUT2D eigenvalue weighted by Crippen LogP contribution is 2.30. The van der Waals surface area contributed by atoms with E-state index in [1.54, 1.807) is 0 Å². The quantitative estimate of drug-likeness (QED) is 0.737. The molecule has 6 nitrogen and oxygen atoms in total. The summed E-state index contributed by atoms with van der Waals surface area (Å²) in [7, 11) is 0. The lowest BCUT2D eigenvalue weighted by atomic mass is 10.1. The molecule has 2 rings (SSSR count). The van der Waals surface area contributed by atoms with Crippen LogP contribution in [0.4, 0.5) is 11.4 Å². The Kier molecular flexibility index (Phi) is 4.66. The van der Waals surface area contributed by atoms with E-state index < -0.39 is 18.3 Å². The van der Waals surface area contributed by atoms with Gasteiger partial charge < -0.3 is 15.3 Å². The maximum Gasteiger partial charge on any atom is 0.308 e. The van der Waals surface area contributed by atoms with E-state index in [9.17, 15) is 19.8 Å². The number of carbonyl (C=O) groups is 2. The van der Waals surface area contributed by atoms with Gasteiger partial charge in [-0.25, -0.2) is 0 Å². The third-order valence-electron chi connectivity index (χ3n) is 3.09. The van der Waals surface area contributed by atoms with Crippen molar-refractivity contribution in [2.24, 2.45) is 0 Å². The van der Waals surface area contributed by atoms with Gasteiger partial charge in [0.15, 0.2) is 0 Å². The summed E-state index contributed by atoms with van der Waals surface area (Å²) in [6.07, 6.45) is -0.481. The first-order chi connectivity index (χ1) is 10.9. The van der Waals surface area contributed by atoms with Crippen LogP contribution in [0.5, 0.6) is 11.5 Å². The summed E-state index contributed by atoms with van der Waals surface area (Å²) in [6.45, 7) is 3.53. The van der Waals surface area contributed by atoms with Crippen LogP contribution in [-0.2, 0) is 9.59 Å². The monoisotopic (exact) mass is 313 g/mol. The SMILES string of the molecule is C=C(CC(=O)O)C(=O)N(c1ccc(O)cc1)c1ccc(O)cc1. The summed E-state index contributed by atoms with van der Waals surface area (Å²) in [5, 5.41) is 27.6. The number of benzene rings is 2. The molecule has 0 fully saturated rings. The van der Waals surface area contributed by atoms with Crippen LogP contribution in [0.3, 0.4) is 0 Å². The van der Waals surface area contributed by atoms with E-state index in [-0.39, 0.29) is 17.1 Å². The van der Waals surface area contributed by atoms with Crippen molar-refractivity contribution in [3.05, 3.63) is 60.7 Å². The molecule has 3 N–H and O–H groups in total. The summed E-state index contributed by atoms with van der Waals surface area (Å²) in [5.74, 6) is -1.66. The average molecular weight is 313 g/mol. The number of rotatable bonds is 5. The van der Waals surface area contributed by atoms with E-state index in [2.05, 4.69) is 6.58 Å². The smallest absolute Gasteiger partial charge is 0.308 e. The van der Waals surface area contributed by atoms with Gasteiger partial charge in [0.1, 0.15) is 11.5 Å². The molecular formula is C17H15NO5. The number of carbonyl (C=O) groups excluding carboxylic acids is 1. The zero-order chi connectivity index (χ0) is 17.0. The van der Waals surface area contributed by atoms with Crippen molar-refractivity contribution < 1.29 is 24.9 Å². The lowest BCUT2D eigenvalue weighted by molar-refractivity contribution is -0.136. The molecule has 2 aromatic rings. The van der Waals surface area contributed by atoms with Crippen molar-refractivity contribution in [3.8, 4) is 11.5 Å². The molecule has 118 valence electrons. The molecule has 23 heavy (non-hydrogen) atoms. The first-order valence-electron chi connectivity index (χ1n) is 6.70. The van der Waals surface area contributed by atoms with Gasteiger partial charge in [-0.15, -0.1) is 0 Å². The maximum atomic E-state index is 12.6. The van der Waals surface area contributed by atoms with E-state index >= 15 is 0 Å². The van der Waals surface area contributed by atoms with Crippen molar-refractivity contribution in [2.45, 2.75) is 6.42 Å². The summed E-state index contributed by atoms with van der Waals surface area (Å²) in [6, 6.07) is 11.7.